The maximum Gasteiger partial charge on any atom is 0.227 e. The summed E-state index contributed by atoms with van der Waals surface area (Å²) in [6.45, 7) is 5.29. The summed E-state index contributed by atoms with van der Waals surface area (Å²) < 4.78 is 0. The lowest BCUT2D eigenvalue weighted by molar-refractivity contribution is -0.131. The maximum absolute atomic E-state index is 12.3. The van der Waals surface area contributed by atoms with Crippen LogP contribution in [-0.4, -0.2) is 23.4 Å². The van der Waals surface area contributed by atoms with Crippen molar-refractivity contribution in [3.8, 4) is 0 Å². The summed E-state index contributed by atoms with van der Waals surface area (Å²) >= 11 is 0. The number of carbonyl (C=O) groups is 1. The first-order chi connectivity index (χ1) is 8.60. The minimum Gasteiger partial charge on any atom is -0.399 e. The monoisotopic (exact) mass is 282 g/mol. The second-order valence-electron chi connectivity index (χ2n) is 5.37. The molecule has 1 heterocycles. The van der Waals surface area contributed by atoms with Crippen molar-refractivity contribution in [3.63, 3.8) is 0 Å². The van der Waals surface area contributed by atoms with Gasteiger partial charge in [-0.05, 0) is 36.5 Å². The molecule has 2 rings (SSSR count). The summed E-state index contributed by atoms with van der Waals surface area (Å²) in [5, 5.41) is 0. The number of nitrogen functional groups attached to an aromatic ring is 1. The molecule has 2 N–H and O–H groups in total. The van der Waals surface area contributed by atoms with Gasteiger partial charge in [0.2, 0.25) is 5.91 Å². The molecule has 0 aromatic heterocycles. The van der Waals surface area contributed by atoms with Crippen LogP contribution in [-0.2, 0) is 11.2 Å². The van der Waals surface area contributed by atoms with Gasteiger partial charge >= 0.3 is 0 Å². The van der Waals surface area contributed by atoms with E-state index in [4.69, 9.17) is 5.73 Å². The Morgan fingerprint density at radius 1 is 1.37 bits per heavy atom. The zero-order valence-corrected chi connectivity index (χ0v) is 12.5. The molecular weight excluding hydrogens is 260 g/mol. The first-order valence-corrected chi connectivity index (χ1v) is 6.74. The fourth-order valence-electron chi connectivity index (χ4n) is 2.76. The van der Waals surface area contributed by atoms with Crippen molar-refractivity contribution >= 4 is 24.0 Å². The molecule has 19 heavy (non-hydrogen) atoms. The lowest BCUT2D eigenvalue weighted by atomic mass is 10.1. The van der Waals surface area contributed by atoms with Crippen molar-refractivity contribution in [1.29, 1.82) is 0 Å². The predicted molar refractivity (Wildman–Crippen MR) is 81.4 cm³/mol. The molecule has 1 fully saturated rings. The molecule has 0 spiro atoms. The van der Waals surface area contributed by atoms with Crippen LogP contribution in [0.1, 0.15) is 32.3 Å². The van der Waals surface area contributed by atoms with Crippen LogP contribution in [0.4, 0.5) is 5.69 Å². The zero-order valence-electron chi connectivity index (χ0n) is 11.6. The molecule has 0 bridgehead atoms. The van der Waals surface area contributed by atoms with Gasteiger partial charge < -0.3 is 10.6 Å². The number of rotatable bonds is 3. The molecule has 106 valence electrons. The second kappa shape index (κ2) is 6.80. The highest BCUT2D eigenvalue weighted by Crippen LogP contribution is 2.25. The third-order valence-electron chi connectivity index (χ3n) is 3.75. The molecular formula is C15H23ClN2O. The van der Waals surface area contributed by atoms with Crippen LogP contribution in [0.3, 0.4) is 0 Å². The molecule has 1 aromatic carbocycles. The Bertz CT molecular complexity index is 419. The molecule has 1 amide bonds. The number of carbonyl (C=O) groups excluding carboxylic acids is 1. The van der Waals surface area contributed by atoms with E-state index < -0.39 is 0 Å². The van der Waals surface area contributed by atoms with E-state index in [2.05, 4.69) is 18.7 Å². The van der Waals surface area contributed by atoms with Crippen LogP contribution in [0.25, 0.3) is 0 Å². The van der Waals surface area contributed by atoms with Crippen molar-refractivity contribution in [2.24, 2.45) is 5.92 Å². The fraction of sp³-hybridized carbons (Fsp3) is 0.533. The van der Waals surface area contributed by atoms with Crippen LogP contribution >= 0.6 is 12.4 Å². The van der Waals surface area contributed by atoms with E-state index in [9.17, 15) is 4.79 Å². The molecule has 0 saturated carbocycles. The zero-order chi connectivity index (χ0) is 13.1. The predicted octanol–water partition coefficient (Wildman–Crippen LogP) is 2.88. The first-order valence-electron chi connectivity index (χ1n) is 6.74. The van der Waals surface area contributed by atoms with Crippen molar-refractivity contribution in [3.05, 3.63) is 29.8 Å². The number of nitrogens with two attached hydrogens (primary N) is 1. The van der Waals surface area contributed by atoms with E-state index >= 15 is 0 Å². The Morgan fingerprint density at radius 2 is 2.00 bits per heavy atom. The number of likely N-dealkylation sites (tertiary alicyclic amines) is 1. The quantitative estimate of drug-likeness (QED) is 0.867. The third kappa shape index (κ3) is 3.87. The fourth-order valence-corrected chi connectivity index (χ4v) is 2.76. The summed E-state index contributed by atoms with van der Waals surface area (Å²) in [6, 6.07) is 8.02. The van der Waals surface area contributed by atoms with Crippen molar-refractivity contribution in [2.45, 2.75) is 39.2 Å². The molecule has 1 aromatic rings. The second-order valence-corrected chi connectivity index (χ2v) is 5.37. The average Bonchev–Trinajstić information content (AvgIpc) is 2.73. The standard InChI is InChI=1S/C15H22N2O.ClH/c1-3-14-8-11(2)10-17(14)15(18)9-12-4-6-13(16)7-5-12;/h4-7,11,14H,3,8-10,16H2,1-2H3;1H. The van der Waals surface area contributed by atoms with Gasteiger partial charge in [0.05, 0.1) is 6.42 Å². The minimum atomic E-state index is 0. The van der Waals surface area contributed by atoms with E-state index in [1.807, 2.05) is 24.3 Å². The van der Waals surface area contributed by atoms with Gasteiger partial charge in [-0.3, -0.25) is 4.79 Å². The van der Waals surface area contributed by atoms with Gasteiger partial charge in [-0.25, -0.2) is 0 Å². The number of benzene rings is 1. The normalized spacial score (nSPS) is 22.1. The molecule has 0 radical (unpaired) electrons. The van der Waals surface area contributed by atoms with Gasteiger partial charge in [0.15, 0.2) is 0 Å². The lowest BCUT2D eigenvalue weighted by Gasteiger charge is -2.23. The highest BCUT2D eigenvalue weighted by atomic mass is 35.5. The van der Waals surface area contributed by atoms with E-state index in [1.54, 1.807) is 0 Å². The Labute approximate surface area is 121 Å². The van der Waals surface area contributed by atoms with Gasteiger partial charge in [-0.15, -0.1) is 12.4 Å². The molecule has 2 atom stereocenters. The van der Waals surface area contributed by atoms with Crippen molar-refractivity contribution in [2.75, 3.05) is 12.3 Å². The van der Waals surface area contributed by atoms with E-state index in [1.165, 1.54) is 0 Å². The lowest BCUT2D eigenvalue weighted by Crippen LogP contribution is -2.36. The van der Waals surface area contributed by atoms with Gasteiger partial charge in [-0.2, -0.15) is 0 Å². The molecule has 3 nitrogen and oxygen atoms in total. The summed E-state index contributed by atoms with van der Waals surface area (Å²) in [5.41, 5.74) is 7.43. The Hall–Kier alpha value is -1.22. The number of halogens is 1. The SMILES string of the molecule is CCC1CC(C)CN1C(=O)Cc1ccc(N)cc1.Cl. The topological polar surface area (TPSA) is 46.3 Å². The van der Waals surface area contributed by atoms with Gasteiger partial charge in [0.1, 0.15) is 0 Å². The molecule has 0 aliphatic carbocycles. The van der Waals surface area contributed by atoms with E-state index in [0.717, 1.165) is 30.6 Å². The Morgan fingerprint density at radius 3 is 2.58 bits per heavy atom. The summed E-state index contributed by atoms with van der Waals surface area (Å²) in [6.07, 6.45) is 2.69. The number of anilines is 1. The van der Waals surface area contributed by atoms with Crippen LogP contribution < -0.4 is 5.73 Å². The maximum atomic E-state index is 12.3. The van der Waals surface area contributed by atoms with Crippen LogP contribution in [0, 0.1) is 5.92 Å². The number of nitrogens with zero attached hydrogens (tertiary/aromatic N) is 1. The Balaban J connectivity index is 0.00000180. The largest absolute Gasteiger partial charge is 0.399 e. The minimum absolute atomic E-state index is 0. The number of hydrogen-bond acceptors (Lipinski definition) is 2. The molecule has 1 saturated heterocycles. The highest BCUT2D eigenvalue weighted by Gasteiger charge is 2.31. The number of amides is 1. The van der Waals surface area contributed by atoms with E-state index in [0.29, 0.717) is 18.4 Å². The summed E-state index contributed by atoms with van der Waals surface area (Å²) in [7, 11) is 0. The van der Waals surface area contributed by atoms with Gasteiger partial charge in [0, 0.05) is 18.3 Å². The number of hydrogen-bond donors (Lipinski definition) is 1. The molecule has 1 aliphatic rings. The molecule has 2 unspecified atom stereocenters. The smallest absolute Gasteiger partial charge is 0.227 e. The van der Waals surface area contributed by atoms with Gasteiger partial charge in [0.25, 0.3) is 0 Å². The van der Waals surface area contributed by atoms with Crippen LogP contribution in [0.5, 0.6) is 0 Å². The highest BCUT2D eigenvalue weighted by molar-refractivity contribution is 5.85. The molecule has 4 heteroatoms. The van der Waals surface area contributed by atoms with Crippen LogP contribution in [0.2, 0.25) is 0 Å². The Kier molecular flexibility index (Phi) is 5.67. The van der Waals surface area contributed by atoms with Crippen LogP contribution in [0.15, 0.2) is 24.3 Å². The average molecular weight is 283 g/mol. The first kappa shape index (κ1) is 15.8. The third-order valence-corrected chi connectivity index (χ3v) is 3.75. The van der Waals surface area contributed by atoms with Gasteiger partial charge in [-0.1, -0.05) is 26.0 Å². The molecule has 1 aliphatic heterocycles. The summed E-state index contributed by atoms with van der Waals surface area (Å²) in [5.74, 6) is 0.876. The summed E-state index contributed by atoms with van der Waals surface area (Å²) in [4.78, 5) is 14.4. The van der Waals surface area contributed by atoms with Crippen molar-refractivity contribution in [1.82, 2.24) is 4.90 Å². The van der Waals surface area contributed by atoms with Crippen molar-refractivity contribution < 1.29 is 4.79 Å². The van der Waals surface area contributed by atoms with E-state index in [-0.39, 0.29) is 18.3 Å².